The molecule has 1 saturated heterocycles. The summed E-state index contributed by atoms with van der Waals surface area (Å²) < 4.78 is 17.2. The number of hydrogen-bond acceptors (Lipinski definition) is 5. The number of ether oxygens (including phenoxy) is 2. The second-order valence-corrected chi connectivity index (χ2v) is 7.78. The third-order valence-electron chi connectivity index (χ3n) is 6.03. The van der Waals surface area contributed by atoms with Gasteiger partial charge in [0.25, 0.3) is 0 Å². The summed E-state index contributed by atoms with van der Waals surface area (Å²) in [6.07, 6.45) is 2.25. The van der Waals surface area contributed by atoms with Crippen molar-refractivity contribution in [2.24, 2.45) is 0 Å². The van der Waals surface area contributed by atoms with Gasteiger partial charge in [0.05, 0.1) is 18.9 Å². The number of aromatic nitrogens is 2. The molecule has 0 N–H and O–H groups in total. The number of methoxy groups -OCH3 is 1. The first-order valence-corrected chi connectivity index (χ1v) is 10.3. The summed E-state index contributed by atoms with van der Waals surface area (Å²) in [5, 5.41) is 11.3. The van der Waals surface area contributed by atoms with Crippen LogP contribution in [0.15, 0.2) is 71.1 Å². The topological polar surface area (TPSA) is 57.4 Å². The first kappa shape index (κ1) is 18.8. The molecule has 1 aliphatic heterocycles. The predicted octanol–water partition coefficient (Wildman–Crippen LogP) is 4.92. The Balaban J connectivity index is 1.46. The summed E-state index contributed by atoms with van der Waals surface area (Å²) >= 11 is 0. The van der Waals surface area contributed by atoms with Crippen LogP contribution < -0.4 is 4.74 Å². The number of hydrogen-bond donors (Lipinski definition) is 0. The molecule has 0 saturated carbocycles. The monoisotopic (exact) mass is 400 g/mol. The minimum atomic E-state index is -0.320. The van der Waals surface area contributed by atoms with Crippen LogP contribution in [-0.4, -0.2) is 30.5 Å². The van der Waals surface area contributed by atoms with Gasteiger partial charge in [-0.25, -0.2) is 0 Å². The zero-order chi connectivity index (χ0) is 20.4. The van der Waals surface area contributed by atoms with Crippen molar-refractivity contribution in [1.29, 1.82) is 0 Å². The molecule has 30 heavy (non-hydrogen) atoms. The summed E-state index contributed by atoms with van der Waals surface area (Å²) in [6, 6.07) is 23.0. The van der Waals surface area contributed by atoms with Crippen molar-refractivity contribution < 1.29 is 13.9 Å². The van der Waals surface area contributed by atoms with Gasteiger partial charge in [0.15, 0.2) is 0 Å². The van der Waals surface area contributed by atoms with Gasteiger partial charge in [-0.15, -0.1) is 10.2 Å². The Labute approximate surface area is 175 Å². The van der Waals surface area contributed by atoms with E-state index in [1.54, 1.807) is 7.11 Å². The van der Waals surface area contributed by atoms with Crippen LogP contribution in [0, 0.1) is 0 Å². The van der Waals surface area contributed by atoms with E-state index in [-0.39, 0.29) is 5.41 Å². The summed E-state index contributed by atoms with van der Waals surface area (Å²) in [5.74, 6) is 2.15. The second-order valence-electron chi connectivity index (χ2n) is 7.78. The molecule has 1 aliphatic rings. The zero-order valence-electron chi connectivity index (χ0n) is 17.0. The van der Waals surface area contributed by atoms with Crippen LogP contribution >= 0.6 is 0 Å². The maximum Gasteiger partial charge on any atom is 0.227 e. The lowest BCUT2D eigenvalue weighted by atomic mass is 9.74. The molecule has 0 spiro atoms. The van der Waals surface area contributed by atoms with Gasteiger partial charge in [-0.2, -0.15) is 0 Å². The van der Waals surface area contributed by atoms with E-state index >= 15 is 0 Å². The van der Waals surface area contributed by atoms with E-state index in [1.807, 2.05) is 12.1 Å². The van der Waals surface area contributed by atoms with Gasteiger partial charge in [-0.05, 0) is 46.9 Å². The summed E-state index contributed by atoms with van der Waals surface area (Å²) in [7, 11) is 1.68. The Morgan fingerprint density at radius 1 is 0.900 bits per heavy atom. The van der Waals surface area contributed by atoms with E-state index in [0.29, 0.717) is 31.4 Å². The van der Waals surface area contributed by atoms with E-state index in [9.17, 15) is 0 Å². The van der Waals surface area contributed by atoms with Crippen LogP contribution in [-0.2, 0) is 16.6 Å². The molecule has 0 aliphatic carbocycles. The molecule has 1 aromatic heterocycles. The van der Waals surface area contributed by atoms with Gasteiger partial charge in [0, 0.05) is 13.2 Å². The molecule has 3 aromatic carbocycles. The number of nitrogens with zero attached hydrogens (tertiary/aromatic N) is 2. The molecule has 2 heterocycles. The first-order valence-electron chi connectivity index (χ1n) is 10.3. The van der Waals surface area contributed by atoms with Crippen molar-refractivity contribution in [1.82, 2.24) is 10.2 Å². The van der Waals surface area contributed by atoms with Gasteiger partial charge in [0.1, 0.15) is 5.75 Å². The average molecular weight is 400 g/mol. The lowest BCUT2D eigenvalue weighted by Gasteiger charge is -2.34. The Kier molecular flexibility index (Phi) is 4.97. The average Bonchev–Trinajstić information content (AvgIpc) is 3.28. The lowest BCUT2D eigenvalue weighted by Crippen LogP contribution is -2.35. The van der Waals surface area contributed by atoms with E-state index < -0.39 is 0 Å². The SMILES string of the molecule is COc1ccc(C2(c3nnc(Cc4ccc5ccccc5c4)o3)CCOCC2)cc1. The fourth-order valence-corrected chi connectivity index (χ4v) is 4.30. The summed E-state index contributed by atoms with van der Waals surface area (Å²) in [6.45, 7) is 1.35. The minimum Gasteiger partial charge on any atom is -0.497 e. The molecule has 0 bridgehead atoms. The van der Waals surface area contributed by atoms with Gasteiger partial charge in [0.2, 0.25) is 11.8 Å². The number of benzene rings is 3. The van der Waals surface area contributed by atoms with E-state index in [2.05, 4.69) is 64.8 Å². The summed E-state index contributed by atoms with van der Waals surface area (Å²) in [4.78, 5) is 0. The molecular weight excluding hydrogens is 376 g/mol. The van der Waals surface area contributed by atoms with Crippen LogP contribution in [0.3, 0.4) is 0 Å². The van der Waals surface area contributed by atoms with Crippen molar-refractivity contribution >= 4 is 10.8 Å². The Morgan fingerprint density at radius 2 is 1.67 bits per heavy atom. The Hall–Kier alpha value is -3.18. The molecule has 152 valence electrons. The van der Waals surface area contributed by atoms with Crippen LogP contribution in [0.25, 0.3) is 10.8 Å². The lowest BCUT2D eigenvalue weighted by molar-refractivity contribution is 0.0541. The van der Waals surface area contributed by atoms with Crippen molar-refractivity contribution in [3.63, 3.8) is 0 Å². The zero-order valence-corrected chi connectivity index (χ0v) is 17.0. The minimum absolute atomic E-state index is 0.320. The molecule has 0 unspecified atom stereocenters. The van der Waals surface area contributed by atoms with Crippen molar-refractivity contribution in [2.45, 2.75) is 24.7 Å². The molecule has 5 nitrogen and oxygen atoms in total. The normalized spacial score (nSPS) is 15.9. The molecule has 0 radical (unpaired) electrons. The maximum atomic E-state index is 6.24. The predicted molar refractivity (Wildman–Crippen MR) is 115 cm³/mol. The maximum absolute atomic E-state index is 6.24. The fraction of sp³-hybridized carbons (Fsp3) is 0.280. The molecule has 5 rings (SSSR count). The van der Waals surface area contributed by atoms with E-state index in [4.69, 9.17) is 13.9 Å². The molecule has 0 amide bonds. The van der Waals surface area contributed by atoms with Crippen LogP contribution in [0.2, 0.25) is 0 Å². The third kappa shape index (κ3) is 3.46. The molecule has 5 heteroatoms. The quantitative estimate of drug-likeness (QED) is 0.476. The van der Waals surface area contributed by atoms with Crippen molar-refractivity contribution in [3.8, 4) is 5.75 Å². The highest BCUT2D eigenvalue weighted by atomic mass is 16.5. The highest BCUT2D eigenvalue weighted by Crippen LogP contribution is 2.41. The molecular formula is C25H24N2O3. The van der Waals surface area contributed by atoms with Crippen LogP contribution in [0.5, 0.6) is 5.75 Å². The number of rotatable bonds is 5. The van der Waals surface area contributed by atoms with Crippen LogP contribution in [0.1, 0.15) is 35.7 Å². The number of fused-ring (bicyclic) bond motifs is 1. The first-order chi connectivity index (χ1) is 14.8. The van der Waals surface area contributed by atoms with Gasteiger partial charge in [-0.3, -0.25) is 0 Å². The van der Waals surface area contributed by atoms with E-state index in [0.717, 1.165) is 29.7 Å². The third-order valence-corrected chi connectivity index (χ3v) is 6.03. The molecule has 0 atom stereocenters. The highest BCUT2D eigenvalue weighted by Gasteiger charge is 2.41. The van der Waals surface area contributed by atoms with E-state index in [1.165, 1.54) is 10.8 Å². The highest BCUT2D eigenvalue weighted by molar-refractivity contribution is 5.83. The molecule has 4 aromatic rings. The Morgan fingerprint density at radius 3 is 2.43 bits per heavy atom. The van der Waals surface area contributed by atoms with Gasteiger partial charge < -0.3 is 13.9 Å². The van der Waals surface area contributed by atoms with Crippen molar-refractivity contribution in [2.75, 3.05) is 20.3 Å². The molecule has 1 fully saturated rings. The standard InChI is InChI=1S/C25H24N2O3/c1-28-22-10-8-21(9-11-22)25(12-14-29-15-13-25)24-27-26-23(30-24)17-18-6-7-19-4-2-3-5-20(19)16-18/h2-11,16H,12-15,17H2,1H3. The second kappa shape index (κ2) is 7.92. The van der Waals surface area contributed by atoms with Crippen molar-refractivity contribution in [3.05, 3.63) is 89.6 Å². The van der Waals surface area contributed by atoms with Gasteiger partial charge >= 0.3 is 0 Å². The Bertz CT molecular complexity index is 1140. The van der Waals surface area contributed by atoms with Crippen LogP contribution in [0.4, 0.5) is 0 Å². The summed E-state index contributed by atoms with van der Waals surface area (Å²) in [5.41, 5.74) is 2.00. The largest absolute Gasteiger partial charge is 0.497 e. The smallest absolute Gasteiger partial charge is 0.227 e. The fourth-order valence-electron chi connectivity index (χ4n) is 4.30. The van der Waals surface area contributed by atoms with Gasteiger partial charge in [-0.1, -0.05) is 54.6 Å².